The van der Waals surface area contributed by atoms with E-state index in [0.29, 0.717) is 5.56 Å². The van der Waals surface area contributed by atoms with Crippen LogP contribution in [-0.4, -0.2) is 31.0 Å². The molecule has 0 aliphatic heterocycles. The number of carboxylic acid groups (broad SMARTS) is 1. The molecule has 0 saturated carbocycles. The Kier molecular flexibility index (Phi) is 5.04. The lowest BCUT2D eigenvalue weighted by molar-refractivity contribution is -0.137. The molecule has 164 valence electrons. The first-order valence-electron chi connectivity index (χ1n) is 8.96. The van der Waals surface area contributed by atoms with Crippen molar-refractivity contribution in [2.24, 2.45) is 0 Å². The number of H-pyrrole nitrogens is 1. The van der Waals surface area contributed by atoms with Crippen LogP contribution in [0.4, 0.5) is 18.0 Å². The monoisotopic (exact) mass is 446 g/mol. The lowest BCUT2D eigenvalue weighted by atomic mass is 10.1. The Morgan fingerprint density at radius 1 is 1.19 bits per heavy atom. The van der Waals surface area contributed by atoms with Crippen LogP contribution < -0.4 is 15.0 Å². The predicted octanol–water partition coefficient (Wildman–Crippen LogP) is 4.29. The second kappa shape index (κ2) is 7.72. The number of hydrogen-bond acceptors (Lipinski definition) is 6. The molecule has 0 aliphatic rings. The molecule has 2 heterocycles. The summed E-state index contributed by atoms with van der Waals surface area (Å²) in [7, 11) is 0. The van der Waals surface area contributed by atoms with E-state index in [9.17, 15) is 22.8 Å². The van der Waals surface area contributed by atoms with E-state index >= 15 is 0 Å². The molecule has 0 aliphatic carbocycles. The maximum Gasteiger partial charge on any atom is 0.511 e. The minimum atomic E-state index is -4.52. The van der Waals surface area contributed by atoms with Gasteiger partial charge in [0, 0.05) is 0 Å². The molecule has 0 fully saturated rings. The number of aromatic amines is 1. The van der Waals surface area contributed by atoms with E-state index in [1.165, 1.54) is 30.5 Å². The van der Waals surface area contributed by atoms with Crippen LogP contribution in [0, 0.1) is 6.92 Å². The van der Waals surface area contributed by atoms with E-state index < -0.39 is 23.5 Å². The summed E-state index contributed by atoms with van der Waals surface area (Å²) in [6, 6.07) is 7.31. The van der Waals surface area contributed by atoms with Gasteiger partial charge < -0.3 is 14.6 Å². The number of carbonyl (C=O) groups is 1. The zero-order valence-corrected chi connectivity index (χ0v) is 16.2. The Morgan fingerprint density at radius 3 is 2.69 bits per heavy atom. The highest BCUT2D eigenvalue weighted by atomic mass is 19.4. The van der Waals surface area contributed by atoms with Gasteiger partial charge in [-0.3, -0.25) is 9.78 Å². The first-order valence-corrected chi connectivity index (χ1v) is 8.96. The summed E-state index contributed by atoms with van der Waals surface area (Å²) in [6.45, 7) is 1.65. The first-order chi connectivity index (χ1) is 15.1. The average molecular weight is 446 g/mol. The van der Waals surface area contributed by atoms with Crippen LogP contribution in [0.25, 0.3) is 16.9 Å². The van der Waals surface area contributed by atoms with Crippen LogP contribution >= 0.6 is 0 Å². The molecule has 0 atom stereocenters. The van der Waals surface area contributed by atoms with E-state index in [1.807, 2.05) is 0 Å². The molecule has 4 rings (SSSR count). The summed E-state index contributed by atoms with van der Waals surface area (Å²) in [5.74, 6) is 0.0915. The number of fused-ring (bicyclic) bond motifs is 1. The van der Waals surface area contributed by atoms with Crippen molar-refractivity contribution in [3.8, 4) is 23.2 Å². The molecule has 2 aromatic carbocycles. The third kappa shape index (κ3) is 4.24. The molecular formula is C20H13F3N4O5. The van der Waals surface area contributed by atoms with Gasteiger partial charge in [0.2, 0.25) is 5.95 Å². The molecule has 0 spiro atoms. The van der Waals surface area contributed by atoms with E-state index in [2.05, 4.69) is 19.8 Å². The van der Waals surface area contributed by atoms with Crippen LogP contribution in [0.1, 0.15) is 11.1 Å². The number of nitrogens with zero attached hydrogens (tertiary/aromatic N) is 3. The molecule has 9 nitrogen and oxygen atoms in total. The smallest absolute Gasteiger partial charge is 0.457 e. The van der Waals surface area contributed by atoms with E-state index in [-0.39, 0.29) is 34.1 Å². The van der Waals surface area contributed by atoms with E-state index in [4.69, 9.17) is 9.84 Å². The molecule has 2 aromatic heterocycles. The number of aromatic nitrogens is 4. The van der Waals surface area contributed by atoms with Crippen molar-refractivity contribution in [3.05, 3.63) is 70.3 Å². The highest BCUT2D eigenvalue weighted by Crippen LogP contribution is 2.34. The summed E-state index contributed by atoms with van der Waals surface area (Å²) in [6.07, 6.45) is -3.68. The second-order valence-electron chi connectivity index (χ2n) is 6.64. The van der Waals surface area contributed by atoms with Gasteiger partial charge in [-0.2, -0.15) is 18.3 Å². The molecule has 2 N–H and O–H groups in total. The number of nitrogens with one attached hydrogen (secondary N) is 1. The van der Waals surface area contributed by atoms with Gasteiger partial charge in [-0.25, -0.2) is 14.5 Å². The number of alkyl halides is 3. The highest BCUT2D eigenvalue weighted by molar-refractivity contribution is 5.81. The second-order valence-corrected chi connectivity index (χ2v) is 6.64. The maximum absolute atomic E-state index is 12.9. The Hall–Kier alpha value is -4.35. The Bertz CT molecular complexity index is 1390. The molecule has 4 aromatic rings. The highest BCUT2D eigenvalue weighted by Gasteiger charge is 2.30. The Balaban J connectivity index is 1.70. The molecule has 12 heteroatoms. The van der Waals surface area contributed by atoms with Gasteiger partial charge in [-0.05, 0) is 42.8 Å². The number of benzene rings is 2. The third-order valence-electron chi connectivity index (χ3n) is 4.36. The summed E-state index contributed by atoms with van der Waals surface area (Å²) in [5, 5.41) is 12.7. The van der Waals surface area contributed by atoms with Gasteiger partial charge in [0.05, 0.1) is 28.9 Å². The number of halogens is 3. The molecule has 0 unspecified atom stereocenters. The van der Waals surface area contributed by atoms with Crippen molar-refractivity contribution >= 4 is 17.1 Å². The molecule has 0 saturated heterocycles. The fourth-order valence-corrected chi connectivity index (χ4v) is 2.92. The Labute approximate surface area is 176 Å². The van der Waals surface area contributed by atoms with Crippen molar-refractivity contribution in [3.63, 3.8) is 0 Å². The van der Waals surface area contributed by atoms with Crippen molar-refractivity contribution in [2.75, 3.05) is 0 Å². The topological polar surface area (TPSA) is 119 Å². The standard InChI is InChI=1S/C20H13F3N4O5/c1-10-5-15-14(7-16(10)31-12-4-2-3-11(6-12)20(21,22)23)17(28)26-18(25-15)27-9-13(8-24-27)32-19(29)30/h2-9H,1H3,(H,29,30)(H,25,26,28). The largest absolute Gasteiger partial charge is 0.511 e. The quantitative estimate of drug-likeness (QED) is 0.449. The fraction of sp³-hybridized carbons (Fsp3) is 0.100. The van der Waals surface area contributed by atoms with Crippen molar-refractivity contribution < 1.29 is 32.5 Å². The zero-order valence-electron chi connectivity index (χ0n) is 16.2. The molecule has 0 bridgehead atoms. The normalized spacial score (nSPS) is 11.5. The van der Waals surface area contributed by atoms with Gasteiger partial charge in [0.25, 0.3) is 5.56 Å². The van der Waals surface area contributed by atoms with E-state index in [1.54, 1.807) is 6.92 Å². The SMILES string of the molecule is Cc1cc2nc(-n3cc(OC(=O)O)cn3)[nH]c(=O)c2cc1Oc1cccc(C(F)(F)F)c1. The summed E-state index contributed by atoms with van der Waals surface area (Å²) in [5.41, 5.74) is -0.624. The van der Waals surface area contributed by atoms with E-state index in [0.717, 1.165) is 23.0 Å². The fourth-order valence-electron chi connectivity index (χ4n) is 2.92. The number of aryl methyl sites for hydroxylation is 1. The average Bonchev–Trinajstić information content (AvgIpc) is 3.16. The minimum Gasteiger partial charge on any atom is -0.457 e. The van der Waals surface area contributed by atoms with Crippen molar-refractivity contribution in [1.82, 2.24) is 19.7 Å². The van der Waals surface area contributed by atoms with Gasteiger partial charge in [0.1, 0.15) is 11.5 Å². The van der Waals surface area contributed by atoms with Crippen molar-refractivity contribution in [1.29, 1.82) is 0 Å². The minimum absolute atomic E-state index is 0.00804. The predicted molar refractivity (Wildman–Crippen MR) is 104 cm³/mol. The summed E-state index contributed by atoms with van der Waals surface area (Å²) >= 11 is 0. The summed E-state index contributed by atoms with van der Waals surface area (Å²) in [4.78, 5) is 30.0. The zero-order chi connectivity index (χ0) is 23.0. The first kappa shape index (κ1) is 20.9. The van der Waals surface area contributed by atoms with Crippen molar-refractivity contribution in [2.45, 2.75) is 13.1 Å². The van der Waals surface area contributed by atoms with Crippen LogP contribution in [0.5, 0.6) is 17.2 Å². The Morgan fingerprint density at radius 2 is 1.97 bits per heavy atom. The molecule has 0 radical (unpaired) electrons. The van der Waals surface area contributed by atoms with Crippen LogP contribution in [0.15, 0.2) is 53.6 Å². The molecule has 32 heavy (non-hydrogen) atoms. The van der Waals surface area contributed by atoms with Gasteiger partial charge in [-0.15, -0.1) is 0 Å². The van der Waals surface area contributed by atoms with Crippen LogP contribution in [-0.2, 0) is 6.18 Å². The molecular weight excluding hydrogens is 433 g/mol. The lowest BCUT2D eigenvalue weighted by Gasteiger charge is -2.12. The van der Waals surface area contributed by atoms with Crippen LogP contribution in [0.3, 0.4) is 0 Å². The lowest BCUT2D eigenvalue weighted by Crippen LogP contribution is -2.14. The van der Waals surface area contributed by atoms with Gasteiger partial charge >= 0.3 is 12.3 Å². The van der Waals surface area contributed by atoms with Gasteiger partial charge in [0.15, 0.2) is 5.75 Å². The number of hydrogen-bond donors (Lipinski definition) is 2. The van der Waals surface area contributed by atoms with Gasteiger partial charge in [-0.1, -0.05) is 6.07 Å². The molecule has 0 amide bonds. The number of ether oxygens (including phenoxy) is 2. The van der Waals surface area contributed by atoms with Crippen LogP contribution in [0.2, 0.25) is 0 Å². The third-order valence-corrected chi connectivity index (χ3v) is 4.36. The number of rotatable bonds is 4. The maximum atomic E-state index is 12.9. The summed E-state index contributed by atoms with van der Waals surface area (Å²) < 4.78 is 50.0.